The minimum absolute atomic E-state index is 0.114. The molecule has 1 atom stereocenters. The zero-order valence-corrected chi connectivity index (χ0v) is 11.4. The molecular formula is C13H15N3OS. The molecule has 0 spiro atoms. The lowest BCUT2D eigenvalue weighted by molar-refractivity contribution is 0.0994. The molecule has 18 heavy (non-hydrogen) atoms. The number of rotatable bonds is 4. The number of benzene rings is 1. The second-order valence-corrected chi connectivity index (χ2v) is 5.52. The summed E-state index contributed by atoms with van der Waals surface area (Å²) in [6.07, 6.45) is 1.63. The zero-order chi connectivity index (χ0) is 13.1. The molecule has 1 unspecified atom stereocenters. The van der Waals surface area contributed by atoms with Gasteiger partial charge in [-0.25, -0.2) is 0 Å². The lowest BCUT2D eigenvalue weighted by Gasteiger charge is -2.09. The molecule has 0 aliphatic heterocycles. The highest BCUT2D eigenvalue weighted by Crippen LogP contribution is 2.23. The molecule has 0 saturated heterocycles. The second kappa shape index (κ2) is 5.35. The Kier molecular flexibility index (Phi) is 3.81. The lowest BCUT2D eigenvalue weighted by atomic mass is 10.1. The zero-order valence-electron chi connectivity index (χ0n) is 10.6. The van der Waals surface area contributed by atoms with Gasteiger partial charge in [0.05, 0.1) is 5.25 Å². The molecule has 0 aliphatic carbocycles. The summed E-state index contributed by atoms with van der Waals surface area (Å²) in [5.74, 6) is 0.114. The Labute approximate surface area is 110 Å². The van der Waals surface area contributed by atoms with Crippen molar-refractivity contribution in [2.45, 2.75) is 24.3 Å². The molecule has 0 amide bonds. The number of hydrogen-bond donors (Lipinski definition) is 0. The number of Topliss-reactive ketones (excluding diaryl/α,β-unsaturated/α-hetero) is 1. The predicted molar refractivity (Wildman–Crippen MR) is 71.8 cm³/mol. The molecule has 2 rings (SSSR count). The Balaban J connectivity index is 2.09. The van der Waals surface area contributed by atoms with E-state index in [1.54, 1.807) is 6.33 Å². The highest BCUT2D eigenvalue weighted by molar-refractivity contribution is 8.00. The first-order chi connectivity index (χ1) is 8.58. The smallest absolute Gasteiger partial charge is 0.191 e. The Hall–Kier alpha value is -1.62. The third kappa shape index (κ3) is 2.79. The normalized spacial score (nSPS) is 12.4. The first kappa shape index (κ1) is 12.8. The SMILES string of the molecule is Cc1ccc(C(=O)C(C)Sc2nncn2C)cc1. The minimum Gasteiger partial charge on any atom is -0.312 e. The topological polar surface area (TPSA) is 47.8 Å². The van der Waals surface area contributed by atoms with E-state index >= 15 is 0 Å². The molecule has 0 bridgehead atoms. The van der Waals surface area contributed by atoms with Crippen LogP contribution in [0, 0.1) is 6.92 Å². The van der Waals surface area contributed by atoms with E-state index in [1.807, 2.05) is 49.7 Å². The van der Waals surface area contributed by atoms with Gasteiger partial charge in [-0.15, -0.1) is 10.2 Å². The maximum atomic E-state index is 12.2. The number of nitrogens with zero attached hydrogens (tertiary/aromatic N) is 3. The summed E-state index contributed by atoms with van der Waals surface area (Å²) in [4.78, 5) is 12.2. The molecule has 1 aromatic carbocycles. The van der Waals surface area contributed by atoms with Crippen LogP contribution in [0.2, 0.25) is 0 Å². The van der Waals surface area contributed by atoms with Crippen LogP contribution >= 0.6 is 11.8 Å². The molecule has 0 fully saturated rings. The molecular weight excluding hydrogens is 246 g/mol. The van der Waals surface area contributed by atoms with E-state index in [0.29, 0.717) is 0 Å². The standard InChI is InChI=1S/C13H15N3OS/c1-9-4-6-11(7-5-9)12(17)10(2)18-13-15-14-8-16(13)3/h4-8,10H,1-3H3. The highest BCUT2D eigenvalue weighted by atomic mass is 32.2. The van der Waals surface area contributed by atoms with Crippen LogP contribution in [0.25, 0.3) is 0 Å². The Morgan fingerprint density at radius 2 is 2.00 bits per heavy atom. The van der Waals surface area contributed by atoms with Gasteiger partial charge in [-0.3, -0.25) is 4.79 Å². The largest absolute Gasteiger partial charge is 0.312 e. The lowest BCUT2D eigenvalue weighted by Crippen LogP contribution is -2.14. The van der Waals surface area contributed by atoms with Crippen LogP contribution in [0.3, 0.4) is 0 Å². The number of aryl methyl sites for hydroxylation is 2. The molecule has 1 heterocycles. The van der Waals surface area contributed by atoms with E-state index in [9.17, 15) is 4.79 Å². The summed E-state index contributed by atoms with van der Waals surface area (Å²) >= 11 is 1.42. The van der Waals surface area contributed by atoms with Gasteiger partial charge < -0.3 is 4.57 Å². The molecule has 2 aromatic rings. The van der Waals surface area contributed by atoms with Gasteiger partial charge in [-0.2, -0.15) is 0 Å². The second-order valence-electron chi connectivity index (χ2n) is 4.21. The van der Waals surface area contributed by atoms with Crippen LogP contribution in [-0.4, -0.2) is 25.8 Å². The van der Waals surface area contributed by atoms with Crippen LogP contribution in [-0.2, 0) is 7.05 Å². The highest BCUT2D eigenvalue weighted by Gasteiger charge is 2.18. The third-order valence-electron chi connectivity index (χ3n) is 2.66. The van der Waals surface area contributed by atoms with Crippen LogP contribution in [0.15, 0.2) is 35.7 Å². The van der Waals surface area contributed by atoms with Crippen molar-refractivity contribution >= 4 is 17.5 Å². The monoisotopic (exact) mass is 261 g/mol. The van der Waals surface area contributed by atoms with E-state index in [1.165, 1.54) is 11.8 Å². The van der Waals surface area contributed by atoms with Gasteiger partial charge in [0.15, 0.2) is 10.9 Å². The van der Waals surface area contributed by atoms with E-state index in [-0.39, 0.29) is 11.0 Å². The number of hydrogen-bond acceptors (Lipinski definition) is 4. The summed E-state index contributed by atoms with van der Waals surface area (Å²) in [7, 11) is 1.87. The Bertz CT molecular complexity index is 548. The van der Waals surface area contributed by atoms with Crippen LogP contribution in [0.5, 0.6) is 0 Å². The quantitative estimate of drug-likeness (QED) is 0.626. The summed E-state index contributed by atoms with van der Waals surface area (Å²) in [6, 6.07) is 7.64. The summed E-state index contributed by atoms with van der Waals surface area (Å²) < 4.78 is 1.81. The number of thioether (sulfide) groups is 1. The van der Waals surface area contributed by atoms with Crippen molar-refractivity contribution in [1.29, 1.82) is 0 Å². The third-order valence-corrected chi connectivity index (χ3v) is 3.81. The van der Waals surface area contributed by atoms with E-state index in [0.717, 1.165) is 16.3 Å². The van der Waals surface area contributed by atoms with Crippen molar-refractivity contribution in [3.05, 3.63) is 41.7 Å². The summed E-state index contributed by atoms with van der Waals surface area (Å²) in [6.45, 7) is 3.90. The number of carbonyl (C=O) groups is 1. The van der Waals surface area contributed by atoms with Crippen molar-refractivity contribution in [2.24, 2.45) is 7.05 Å². The van der Waals surface area contributed by atoms with Crippen molar-refractivity contribution in [2.75, 3.05) is 0 Å². The first-order valence-electron chi connectivity index (χ1n) is 5.69. The molecule has 0 radical (unpaired) electrons. The molecule has 1 aromatic heterocycles. The van der Waals surface area contributed by atoms with Crippen LogP contribution in [0.1, 0.15) is 22.8 Å². The molecule has 0 aliphatic rings. The van der Waals surface area contributed by atoms with Crippen molar-refractivity contribution in [3.63, 3.8) is 0 Å². The van der Waals surface area contributed by atoms with Gasteiger partial charge in [0, 0.05) is 12.6 Å². The fourth-order valence-corrected chi connectivity index (χ4v) is 2.41. The van der Waals surface area contributed by atoms with Gasteiger partial charge in [0.2, 0.25) is 0 Å². The number of ketones is 1. The molecule has 0 N–H and O–H groups in total. The summed E-state index contributed by atoms with van der Waals surface area (Å²) in [5.41, 5.74) is 1.89. The van der Waals surface area contributed by atoms with E-state index in [4.69, 9.17) is 0 Å². The van der Waals surface area contributed by atoms with Gasteiger partial charge >= 0.3 is 0 Å². The summed E-state index contributed by atoms with van der Waals surface area (Å²) in [5, 5.41) is 8.35. The van der Waals surface area contributed by atoms with Crippen molar-refractivity contribution in [1.82, 2.24) is 14.8 Å². The van der Waals surface area contributed by atoms with Gasteiger partial charge in [-0.1, -0.05) is 41.6 Å². The van der Waals surface area contributed by atoms with Gasteiger partial charge in [0.1, 0.15) is 6.33 Å². The van der Waals surface area contributed by atoms with Crippen LogP contribution < -0.4 is 0 Å². The molecule has 0 saturated carbocycles. The number of carbonyl (C=O) groups excluding carboxylic acids is 1. The average molecular weight is 261 g/mol. The van der Waals surface area contributed by atoms with Crippen molar-refractivity contribution in [3.8, 4) is 0 Å². The average Bonchev–Trinajstić information content (AvgIpc) is 2.75. The van der Waals surface area contributed by atoms with Crippen LogP contribution in [0.4, 0.5) is 0 Å². The molecule has 4 nitrogen and oxygen atoms in total. The van der Waals surface area contributed by atoms with Gasteiger partial charge in [-0.05, 0) is 13.8 Å². The van der Waals surface area contributed by atoms with Gasteiger partial charge in [0.25, 0.3) is 0 Å². The first-order valence-corrected chi connectivity index (χ1v) is 6.57. The number of aromatic nitrogens is 3. The Morgan fingerprint density at radius 1 is 1.33 bits per heavy atom. The molecule has 94 valence electrons. The van der Waals surface area contributed by atoms with E-state index < -0.39 is 0 Å². The maximum Gasteiger partial charge on any atom is 0.191 e. The fraction of sp³-hybridized carbons (Fsp3) is 0.308. The van der Waals surface area contributed by atoms with E-state index in [2.05, 4.69) is 10.2 Å². The fourth-order valence-electron chi connectivity index (χ4n) is 1.54. The Morgan fingerprint density at radius 3 is 2.56 bits per heavy atom. The van der Waals surface area contributed by atoms with Crippen molar-refractivity contribution < 1.29 is 4.79 Å². The maximum absolute atomic E-state index is 12.2. The molecule has 5 heteroatoms. The minimum atomic E-state index is -0.171. The predicted octanol–water partition coefficient (Wildman–Crippen LogP) is 2.49.